The largest absolute Gasteiger partial charge is 0.504 e. The van der Waals surface area contributed by atoms with Gasteiger partial charge in [-0.3, -0.25) is 9.69 Å². The van der Waals surface area contributed by atoms with Crippen molar-refractivity contribution in [3.8, 4) is 5.75 Å². The van der Waals surface area contributed by atoms with E-state index in [4.69, 9.17) is 0 Å². The van der Waals surface area contributed by atoms with Gasteiger partial charge in [0.15, 0.2) is 5.75 Å². The van der Waals surface area contributed by atoms with E-state index in [9.17, 15) is 9.90 Å². The Labute approximate surface area is 155 Å². The second kappa shape index (κ2) is 7.92. The molecule has 1 aliphatic heterocycles. The van der Waals surface area contributed by atoms with Gasteiger partial charge in [-0.2, -0.15) is 0 Å². The summed E-state index contributed by atoms with van der Waals surface area (Å²) in [4.78, 5) is 17.1. The standard InChI is InChI=1S/C22H28N2O2/c1-16(2)18-7-8-19(22(26)21(25)14-18)15-23-9-11-24(12-10-23)20-6-4-5-17(3)13-20/h4-8,13-14,16H,9-12,15H2,1-3H3,(H,25,26). The van der Waals surface area contributed by atoms with Crippen molar-refractivity contribution < 1.29 is 5.11 Å². The van der Waals surface area contributed by atoms with Crippen LogP contribution >= 0.6 is 0 Å². The number of hydrogen-bond donors (Lipinski definition) is 1. The van der Waals surface area contributed by atoms with Crippen LogP contribution in [0.4, 0.5) is 5.69 Å². The Morgan fingerprint density at radius 3 is 2.42 bits per heavy atom. The van der Waals surface area contributed by atoms with Crippen LogP contribution in [0.1, 0.15) is 36.5 Å². The van der Waals surface area contributed by atoms with Crippen LogP contribution < -0.4 is 10.3 Å². The molecule has 4 nitrogen and oxygen atoms in total. The van der Waals surface area contributed by atoms with Crippen molar-refractivity contribution in [1.82, 2.24) is 4.90 Å². The Morgan fingerprint density at radius 1 is 1.04 bits per heavy atom. The van der Waals surface area contributed by atoms with Gasteiger partial charge in [0.2, 0.25) is 5.43 Å². The minimum Gasteiger partial charge on any atom is -0.504 e. The van der Waals surface area contributed by atoms with Gasteiger partial charge in [-0.1, -0.05) is 38.1 Å². The Bertz CT molecular complexity index is 824. The van der Waals surface area contributed by atoms with Crippen LogP contribution in [-0.4, -0.2) is 36.2 Å². The fourth-order valence-corrected chi connectivity index (χ4v) is 3.42. The first-order valence-corrected chi connectivity index (χ1v) is 9.34. The molecule has 138 valence electrons. The molecule has 0 saturated carbocycles. The van der Waals surface area contributed by atoms with E-state index in [2.05, 4.69) is 54.8 Å². The van der Waals surface area contributed by atoms with Gasteiger partial charge in [0, 0.05) is 44.0 Å². The lowest BCUT2D eigenvalue weighted by atomic mass is 10.1. The topological polar surface area (TPSA) is 43.8 Å². The highest BCUT2D eigenvalue weighted by Gasteiger charge is 2.18. The molecule has 26 heavy (non-hydrogen) atoms. The van der Waals surface area contributed by atoms with Crippen molar-refractivity contribution in [3.63, 3.8) is 0 Å². The molecule has 0 unspecified atom stereocenters. The molecule has 2 aromatic rings. The number of aryl methyl sites for hydroxylation is 1. The normalized spacial score (nSPS) is 15.5. The van der Waals surface area contributed by atoms with Crippen molar-refractivity contribution in [2.75, 3.05) is 31.1 Å². The third-order valence-corrected chi connectivity index (χ3v) is 5.10. The SMILES string of the molecule is Cc1cccc(N2CCN(Cc3ccc(C(C)C)cc(O)c3=O)CC2)c1. The van der Waals surface area contributed by atoms with Crippen LogP contribution in [0.15, 0.2) is 47.3 Å². The predicted octanol–water partition coefficient (Wildman–Crippen LogP) is 3.51. The summed E-state index contributed by atoms with van der Waals surface area (Å²) in [5, 5.41) is 10.1. The van der Waals surface area contributed by atoms with E-state index in [0.29, 0.717) is 12.1 Å². The molecule has 4 heteroatoms. The summed E-state index contributed by atoms with van der Waals surface area (Å²) in [6.07, 6.45) is 0. The third-order valence-electron chi connectivity index (χ3n) is 5.10. The molecule has 0 bridgehead atoms. The number of anilines is 1. The lowest BCUT2D eigenvalue weighted by molar-refractivity contribution is 0.249. The van der Waals surface area contributed by atoms with Gasteiger partial charge in [0.05, 0.1) is 0 Å². The minimum atomic E-state index is -0.252. The van der Waals surface area contributed by atoms with E-state index >= 15 is 0 Å². The maximum atomic E-state index is 12.5. The molecular formula is C22H28N2O2. The summed E-state index contributed by atoms with van der Waals surface area (Å²) < 4.78 is 0. The monoisotopic (exact) mass is 352 g/mol. The van der Waals surface area contributed by atoms with Gasteiger partial charge in [0.25, 0.3) is 0 Å². The van der Waals surface area contributed by atoms with E-state index in [1.165, 1.54) is 11.3 Å². The van der Waals surface area contributed by atoms with E-state index in [-0.39, 0.29) is 17.1 Å². The van der Waals surface area contributed by atoms with E-state index < -0.39 is 0 Å². The Morgan fingerprint density at radius 2 is 1.77 bits per heavy atom. The molecule has 0 spiro atoms. The van der Waals surface area contributed by atoms with Crippen molar-refractivity contribution in [2.24, 2.45) is 0 Å². The Balaban J connectivity index is 1.69. The smallest absolute Gasteiger partial charge is 0.224 e. The zero-order valence-corrected chi connectivity index (χ0v) is 15.9. The second-order valence-electron chi connectivity index (χ2n) is 7.47. The number of piperazine rings is 1. The lowest BCUT2D eigenvalue weighted by Gasteiger charge is -2.36. The van der Waals surface area contributed by atoms with Crippen LogP contribution in [-0.2, 0) is 6.54 Å². The minimum absolute atomic E-state index is 0.146. The first-order chi connectivity index (χ1) is 12.4. The molecule has 1 saturated heterocycles. The summed E-state index contributed by atoms with van der Waals surface area (Å²) in [7, 11) is 0. The zero-order chi connectivity index (χ0) is 18.7. The maximum absolute atomic E-state index is 12.5. The van der Waals surface area contributed by atoms with Crippen molar-refractivity contribution in [1.29, 1.82) is 0 Å². The van der Waals surface area contributed by atoms with Crippen LogP contribution in [0.3, 0.4) is 0 Å². The van der Waals surface area contributed by atoms with Gasteiger partial charge in [0.1, 0.15) is 0 Å². The van der Waals surface area contributed by atoms with Crippen LogP contribution in [0, 0.1) is 6.92 Å². The van der Waals surface area contributed by atoms with Gasteiger partial charge < -0.3 is 10.0 Å². The summed E-state index contributed by atoms with van der Waals surface area (Å²) in [6.45, 7) is 10.5. The molecule has 0 amide bonds. The summed E-state index contributed by atoms with van der Waals surface area (Å²) >= 11 is 0. The highest BCUT2D eigenvalue weighted by molar-refractivity contribution is 5.48. The molecular weight excluding hydrogens is 324 g/mol. The molecule has 0 atom stereocenters. The van der Waals surface area contributed by atoms with Gasteiger partial charge in [-0.05, 0) is 42.2 Å². The predicted molar refractivity (Wildman–Crippen MR) is 107 cm³/mol. The van der Waals surface area contributed by atoms with Gasteiger partial charge in [-0.15, -0.1) is 0 Å². The Hall–Kier alpha value is -2.33. The summed E-state index contributed by atoms with van der Waals surface area (Å²) in [5.41, 5.74) is 3.93. The third kappa shape index (κ3) is 4.25. The Kier molecular flexibility index (Phi) is 5.62. The van der Waals surface area contributed by atoms with Gasteiger partial charge >= 0.3 is 0 Å². The first-order valence-electron chi connectivity index (χ1n) is 9.34. The molecule has 2 aromatic carbocycles. The molecule has 0 aromatic heterocycles. The molecule has 0 aliphatic carbocycles. The van der Waals surface area contributed by atoms with E-state index in [0.717, 1.165) is 31.7 Å². The van der Waals surface area contributed by atoms with Crippen molar-refractivity contribution in [3.05, 3.63) is 69.4 Å². The highest BCUT2D eigenvalue weighted by Crippen LogP contribution is 2.20. The quantitative estimate of drug-likeness (QED) is 0.915. The average molecular weight is 352 g/mol. The van der Waals surface area contributed by atoms with E-state index in [1.54, 1.807) is 6.07 Å². The van der Waals surface area contributed by atoms with Crippen LogP contribution in [0.2, 0.25) is 0 Å². The molecule has 1 heterocycles. The molecule has 3 rings (SSSR count). The van der Waals surface area contributed by atoms with Crippen LogP contribution in [0.5, 0.6) is 5.75 Å². The van der Waals surface area contributed by atoms with E-state index in [1.807, 2.05) is 12.1 Å². The van der Waals surface area contributed by atoms with Gasteiger partial charge in [-0.25, -0.2) is 0 Å². The number of benzene rings is 1. The zero-order valence-electron chi connectivity index (χ0n) is 15.9. The maximum Gasteiger partial charge on any atom is 0.224 e. The fourth-order valence-electron chi connectivity index (χ4n) is 3.42. The number of hydrogen-bond acceptors (Lipinski definition) is 4. The van der Waals surface area contributed by atoms with Crippen LogP contribution in [0.25, 0.3) is 0 Å². The number of aromatic hydroxyl groups is 1. The fraction of sp³-hybridized carbons (Fsp3) is 0.409. The lowest BCUT2D eigenvalue weighted by Crippen LogP contribution is -2.46. The number of nitrogens with zero attached hydrogens (tertiary/aromatic N) is 2. The highest BCUT2D eigenvalue weighted by atomic mass is 16.3. The second-order valence-corrected chi connectivity index (χ2v) is 7.47. The molecule has 1 fully saturated rings. The first kappa shape index (κ1) is 18.5. The molecule has 1 aliphatic rings. The van der Waals surface area contributed by atoms with Crippen molar-refractivity contribution >= 4 is 5.69 Å². The molecule has 1 N–H and O–H groups in total. The average Bonchev–Trinajstić information content (AvgIpc) is 2.76. The molecule has 0 radical (unpaired) electrons. The van der Waals surface area contributed by atoms with Crippen molar-refractivity contribution in [2.45, 2.75) is 33.2 Å². The summed E-state index contributed by atoms with van der Waals surface area (Å²) in [6, 6.07) is 14.0. The summed E-state index contributed by atoms with van der Waals surface area (Å²) in [5.74, 6) is 0.130. The number of rotatable bonds is 4.